The molecule has 5 heteroatoms. The van der Waals surface area contributed by atoms with Gasteiger partial charge < -0.3 is 14.5 Å². The van der Waals surface area contributed by atoms with Gasteiger partial charge in [-0.3, -0.25) is 0 Å². The number of hydrogen-bond donors (Lipinski definition) is 1. The molecule has 110 valence electrons. The van der Waals surface area contributed by atoms with Gasteiger partial charge in [0.15, 0.2) is 0 Å². The summed E-state index contributed by atoms with van der Waals surface area (Å²) < 4.78 is 7.24. The van der Waals surface area contributed by atoms with Crippen molar-refractivity contribution in [3.63, 3.8) is 0 Å². The lowest BCUT2D eigenvalue weighted by atomic mass is 10.4. The number of methoxy groups -OCH3 is 1. The quantitative estimate of drug-likeness (QED) is 0.600. The van der Waals surface area contributed by atoms with Crippen molar-refractivity contribution in [1.82, 2.24) is 14.7 Å². The minimum absolute atomic E-state index is 0.581. The van der Waals surface area contributed by atoms with Gasteiger partial charge in [-0.15, -0.1) is 11.8 Å². The summed E-state index contributed by atoms with van der Waals surface area (Å²) in [7, 11) is 1.72. The topological polar surface area (TPSA) is 38.6 Å². The Balaban J connectivity index is 2.20. The Labute approximate surface area is 124 Å². The standard InChI is InChI=1S/C15H23N3OS/c1-4-12(2)20-15-13(11-16-8-10-19-3)18-9-6-5-7-14(18)17-15/h5-7,9,12,16H,4,8,10-11H2,1-3H3. The molecule has 0 aromatic carbocycles. The molecule has 2 heterocycles. The molecule has 4 nitrogen and oxygen atoms in total. The highest BCUT2D eigenvalue weighted by molar-refractivity contribution is 7.99. The summed E-state index contributed by atoms with van der Waals surface area (Å²) in [5.41, 5.74) is 2.25. The molecule has 0 aliphatic rings. The number of nitrogens with zero attached hydrogens (tertiary/aromatic N) is 2. The number of imidazole rings is 1. The molecule has 2 aromatic rings. The second kappa shape index (κ2) is 7.67. The minimum atomic E-state index is 0.581. The summed E-state index contributed by atoms with van der Waals surface area (Å²) in [6, 6.07) is 6.13. The Bertz CT molecular complexity index is 541. The first-order valence-corrected chi connectivity index (χ1v) is 7.96. The zero-order valence-electron chi connectivity index (χ0n) is 12.4. The van der Waals surface area contributed by atoms with E-state index in [-0.39, 0.29) is 0 Å². The number of ether oxygens (including phenoxy) is 1. The van der Waals surface area contributed by atoms with Gasteiger partial charge in [0, 0.05) is 31.6 Å². The van der Waals surface area contributed by atoms with Crippen LogP contribution >= 0.6 is 11.8 Å². The average molecular weight is 293 g/mol. The van der Waals surface area contributed by atoms with Crippen molar-refractivity contribution in [1.29, 1.82) is 0 Å². The molecule has 2 rings (SSSR count). The number of pyridine rings is 1. The highest BCUT2D eigenvalue weighted by Crippen LogP contribution is 2.28. The summed E-state index contributed by atoms with van der Waals surface area (Å²) in [5.74, 6) is 0. The van der Waals surface area contributed by atoms with Crippen LogP contribution in [0.4, 0.5) is 0 Å². The molecule has 20 heavy (non-hydrogen) atoms. The summed E-state index contributed by atoms with van der Waals surface area (Å²) in [6.45, 7) is 6.85. The van der Waals surface area contributed by atoms with Gasteiger partial charge in [0.2, 0.25) is 0 Å². The zero-order valence-corrected chi connectivity index (χ0v) is 13.2. The number of hydrogen-bond acceptors (Lipinski definition) is 4. The van der Waals surface area contributed by atoms with Gasteiger partial charge in [-0.25, -0.2) is 4.98 Å². The Kier molecular flexibility index (Phi) is 5.88. The number of nitrogens with one attached hydrogen (secondary N) is 1. The molecule has 0 spiro atoms. The van der Waals surface area contributed by atoms with Crippen LogP contribution in [0, 0.1) is 0 Å². The maximum Gasteiger partial charge on any atom is 0.138 e. The molecule has 0 bridgehead atoms. The van der Waals surface area contributed by atoms with Gasteiger partial charge in [-0.2, -0.15) is 0 Å². The SMILES string of the molecule is CCC(C)Sc1nc2ccccn2c1CNCCOC. The third kappa shape index (κ3) is 3.75. The van der Waals surface area contributed by atoms with Gasteiger partial charge in [0.1, 0.15) is 10.7 Å². The van der Waals surface area contributed by atoms with Crippen molar-refractivity contribution in [3.05, 3.63) is 30.1 Å². The first-order valence-electron chi connectivity index (χ1n) is 7.08. The first kappa shape index (κ1) is 15.4. The third-order valence-electron chi connectivity index (χ3n) is 3.26. The molecule has 0 aliphatic carbocycles. The van der Waals surface area contributed by atoms with Crippen molar-refractivity contribution in [3.8, 4) is 0 Å². The van der Waals surface area contributed by atoms with Crippen molar-refractivity contribution in [2.24, 2.45) is 0 Å². The molecule has 1 N–H and O–H groups in total. The molecule has 0 radical (unpaired) electrons. The molecule has 0 saturated carbocycles. The molecule has 2 aromatic heterocycles. The molecule has 0 aliphatic heterocycles. The Morgan fingerprint density at radius 1 is 1.45 bits per heavy atom. The molecule has 0 fully saturated rings. The zero-order chi connectivity index (χ0) is 14.4. The van der Waals surface area contributed by atoms with Crippen molar-refractivity contribution < 1.29 is 4.74 Å². The van der Waals surface area contributed by atoms with E-state index in [0.717, 1.165) is 36.8 Å². The normalized spacial score (nSPS) is 12.9. The second-order valence-electron chi connectivity index (χ2n) is 4.80. The van der Waals surface area contributed by atoms with Crippen LogP contribution < -0.4 is 5.32 Å². The van der Waals surface area contributed by atoms with Crippen molar-refractivity contribution in [2.45, 2.75) is 37.1 Å². The average Bonchev–Trinajstić information content (AvgIpc) is 2.81. The van der Waals surface area contributed by atoms with Gasteiger partial charge in [0.05, 0.1) is 12.3 Å². The van der Waals surface area contributed by atoms with Crippen LogP contribution in [-0.4, -0.2) is 34.9 Å². The Morgan fingerprint density at radius 2 is 2.30 bits per heavy atom. The van der Waals surface area contributed by atoms with Gasteiger partial charge >= 0.3 is 0 Å². The number of thioether (sulfide) groups is 1. The molecular formula is C15H23N3OS. The second-order valence-corrected chi connectivity index (χ2v) is 6.23. The predicted octanol–water partition coefficient (Wildman–Crippen LogP) is 2.96. The molecule has 0 saturated heterocycles. The summed E-state index contributed by atoms with van der Waals surface area (Å²) in [6.07, 6.45) is 3.23. The van der Waals surface area contributed by atoms with Crippen LogP contribution in [0.15, 0.2) is 29.4 Å². The van der Waals surface area contributed by atoms with E-state index >= 15 is 0 Å². The van der Waals surface area contributed by atoms with E-state index in [9.17, 15) is 0 Å². The maximum absolute atomic E-state index is 5.07. The third-order valence-corrected chi connectivity index (χ3v) is 4.54. The van der Waals surface area contributed by atoms with Crippen LogP contribution in [0.3, 0.4) is 0 Å². The van der Waals surface area contributed by atoms with Gasteiger partial charge in [0.25, 0.3) is 0 Å². The fourth-order valence-electron chi connectivity index (χ4n) is 1.94. The molecule has 1 unspecified atom stereocenters. The minimum Gasteiger partial charge on any atom is -0.383 e. The fourth-order valence-corrected chi connectivity index (χ4v) is 2.94. The van der Waals surface area contributed by atoms with Crippen LogP contribution in [0.5, 0.6) is 0 Å². The van der Waals surface area contributed by atoms with E-state index in [1.165, 1.54) is 5.69 Å². The van der Waals surface area contributed by atoms with Crippen molar-refractivity contribution >= 4 is 17.4 Å². The van der Waals surface area contributed by atoms with E-state index in [0.29, 0.717) is 5.25 Å². The molecular weight excluding hydrogens is 270 g/mol. The van der Waals surface area contributed by atoms with Crippen LogP contribution in [0.1, 0.15) is 26.0 Å². The summed E-state index contributed by atoms with van der Waals surface area (Å²) in [4.78, 5) is 4.75. The highest BCUT2D eigenvalue weighted by atomic mass is 32.2. The number of rotatable bonds is 8. The Morgan fingerprint density at radius 3 is 3.05 bits per heavy atom. The fraction of sp³-hybridized carbons (Fsp3) is 0.533. The maximum atomic E-state index is 5.07. The van der Waals surface area contributed by atoms with Crippen LogP contribution in [0.25, 0.3) is 5.65 Å². The highest BCUT2D eigenvalue weighted by Gasteiger charge is 2.14. The number of fused-ring (bicyclic) bond motifs is 1. The van der Waals surface area contributed by atoms with Crippen LogP contribution in [-0.2, 0) is 11.3 Å². The lowest BCUT2D eigenvalue weighted by Crippen LogP contribution is -2.20. The van der Waals surface area contributed by atoms with E-state index in [2.05, 4.69) is 35.8 Å². The monoisotopic (exact) mass is 293 g/mol. The van der Waals surface area contributed by atoms with Crippen molar-refractivity contribution in [2.75, 3.05) is 20.3 Å². The summed E-state index contributed by atoms with van der Waals surface area (Å²) >= 11 is 1.86. The lowest BCUT2D eigenvalue weighted by molar-refractivity contribution is 0.199. The van der Waals surface area contributed by atoms with Gasteiger partial charge in [-0.1, -0.05) is 19.9 Å². The summed E-state index contributed by atoms with van der Waals surface area (Å²) in [5, 5.41) is 5.13. The number of aromatic nitrogens is 2. The predicted molar refractivity (Wildman–Crippen MR) is 84.4 cm³/mol. The van der Waals surface area contributed by atoms with E-state index in [1.54, 1.807) is 7.11 Å². The van der Waals surface area contributed by atoms with Crippen LogP contribution in [0.2, 0.25) is 0 Å². The molecule has 0 amide bonds. The molecule has 1 atom stereocenters. The largest absolute Gasteiger partial charge is 0.383 e. The van der Waals surface area contributed by atoms with Gasteiger partial charge in [-0.05, 0) is 18.6 Å². The van der Waals surface area contributed by atoms with E-state index in [4.69, 9.17) is 9.72 Å². The first-order chi connectivity index (χ1) is 9.76. The van der Waals surface area contributed by atoms with E-state index < -0.39 is 0 Å². The Hall–Kier alpha value is -1.04. The smallest absolute Gasteiger partial charge is 0.138 e. The lowest BCUT2D eigenvalue weighted by Gasteiger charge is -2.09. The van der Waals surface area contributed by atoms with E-state index in [1.807, 2.05) is 23.9 Å².